The van der Waals surface area contributed by atoms with Gasteiger partial charge in [0.25, 0.3) is 0 Å². The van der Waals surface area contributed by atoms with E-state index in [1.54, 1.807) is 15.8 Å². The molecule has 0 aromatic carbocycles. The minimum atomic E-state index is 0.105. The molecule has 1 aliphatic heterocycles. The van der Waals surface area contributed by atoms with Crippen molar-refractivity contribution < 1.29 is 9.21 Å². The lowest BCUT2D eigenvalue weighted by atomic mass is 10.0. The fourth-order valence-corrected chi connectivity index (χ4v) is 2.77. The predicted octanol–water partition coefficient (Wildman–Crippen LogP) is 1.76. The summed E-state index contributed by atoms with van der Waals surface area (Å²) >= 11 is 0. The van der Waals surface area contributed by atoms with Gasteiger partial charge in [-0.2, -0.15) is 5.10 Å². The molecule has 0 aliphatic carbocycles. The van der Waals surface area contributed by atoms with E-state index in [9.17, 15) is 4.79 Å². The van der Waals surface area contributed by atoms with E-state index in [1.807, 2.05) is 38.6 Å². The lowest BCUT2D eigenvalue weighted by molar-refractivity contribution is -0.131. The molecule has 0 bridgehead atoms. The Morgan fingerprint density at radius 2 is 2.35 bits per heavy atom. The third kappa shape index (κ3) is 3.90. The van der Waals surface area contributed by atoms with E-state index in [-0.39, 0.29) is 5.91 Å². The van der Waals surface area contributed by atoms with Crippen molar-refractivity contribution in [3.63, 3.8) is 0 Å². The number of likely N-dealkylation sites (N-methyl/N-ethyl adjacent to an activating group) is 1. The first-order valence-electron chi connectivity index (χ1n) is 7.78. The highest BCUT2D eigenvalue weighted by atomic mass is 16.3. The first kappa shape index (κ1) is 15.6. The van der Waals surface area contributed by atoms with Crippen molar-refractivity contribution in [2.45, 2.75) is 13.0 Å². The van der Waals surface area contributed by atoms with E-state index in [2.05, 4.69) is 16.1 Å². The summed E-state index contributed by atoms with van der Waals surface area (Å²) in [6.07, 6.45) is 8.72. The van der Waals surface area contributed by atoms with Gasteiger partial charge in [-0.25, -0.2) is 0 Å². The molecule has 6 nitrogen and oxygen atoms in total. The minimum absolute atomic E-state index is 0.105. The number of amides is 1. The number of nitrogens with zero attached hydrogens (tertiary/aromatic N) is 4. The molecular weight excluding hydrogens is 292 g/mol. The van der Waals surface area contributed by atoms with Gasteiger partial charge in [-0.05, 0) is 24.1 Å². The largest absolute Gasteiger partial charge is 0.467 e. The van der Waals surface area contributed by atoms with E-state index in [0.717, 1.165) is 30.8 Å². The molecule has 0 radical (unpaired) electrons. The van der Waals surface area contributed by atoms with Crippen molar-refractivity contribution >= 4 is 11.5 Å². The number of hydrogen-bond acceptors (Lipinski definition) is 4. The zero-order chi connectivity index (χ0) is 16.2. The Morgan fingerprint density at radius 3 is 3.04 bits per heavy atom. The summed E-state index contributed by atoms with van der Waals surface area (Å²) in [7, 11) is 3.73. The average Bonchev–Trinajstić information content (AvgIpc) is 3.19. The number of hydrogen-bond donors (Lipinski definition) is 0. The van der Waals surface area contributed by atoms with Crippen molar-refractivity contribution in [2.24, 2.45) is 7.05 Å². The summed E-state index contributed by atoms with van der Waals surface area (Å²) in [5, 5.41) is 4.22. The molecular formula is C17H22N4O2. The molecule has 3 heterocycles. The van der Waals surface area contributed by atoms with Gasteiger partial charge in [-0.1, -0.05) is 6.08 Å². The van der Waals surface area contributed by atoms with Crippen LogP contribution in [0.15, 0.2) is 41.3 Å². The third-order valence-electron chi connectivity index (χ3n) is 4.06. The molecule has 0 atom stereocenters. The van der Waals surface area contributed by atoms with E-state index in [4.69, 9.17) is 4.42 Å². The molecule has 0 spiro atoms. The molecule has 122 valence electrons. The lowest BCUT2D eigenvalue weighted by Crippen LogP contribution is -2.40. The zero-order valence-electron chi connectivity index (χ0n) is 13.6. The van der Waals surface area contributed by atoms with Gasteiger partial charge in [-0.15, -0.1) is 0 Å². The number of rotatable bonds is 5. The standard InChI is InChI=1S/C17H22N4O2/c1-19(12-16-6-4-8-23-16)17(22)13-21-7-3-5-14(11-21)15-9-18-20(2)10-15/h4-6,8-10H,3,7,11-13H2,1-2H3. The molecule has 1 amide bonds. The van der Waals surface area contributed by atoms with Crippen LogP contribution in [0.1, 0.15) is 17.7 Å². The van der Waals surface area contributed by atoms with Crippen molar-refractivity contribution in [1.29, 1.82) is 0 Å². The molecule has 0 N–H and O–H groups in total. The fourth-order valence-electron chi connectivity index (χ4n) is 2.77. The first-order valence-corrected chi connectivity index (χ1v) is 7.78. The highest BCUT2D eigenvalue weighted by molar-refractivity contribution is 5.78. The van der Waals surface area contributed by atoms with Crippen molar-refractivity contribution in [1.82, 2.24) is 19.6 Å². The summed E-state index contributed by atoms with van der Waals surface area (Å²) in [5.74, 6) is 0.907. The van der Waals surface area contributed by atoms with E-state index in [0.29, 0.717) is 13.1 Å². The molecule has 23 heavy (non-hydrogen) atoms. The van der Waals surface area contributed by atoms with Crippen LogP contribution in [-0.2, 0) is 18.4 Å². The molecule has 2 aromatic rings. The topological polar surface area (TPSA) is 54.5 Å². The van der Waals surface area contributed by atoms with Crippen molar-refractivity contribution in [3.05, 3.63) is 48.2 Å². The van der Waals surface area contributed by atoms with Gasteiger partial charge in [0.2, 0.25) is 5.91 Å². The zero-order valence-corrected chi connectivity index (χ0v) is 13.6. The van der Waals surface area contributed by atoms with Gasteiger partial charge >= 0.3 is 0 Å². The van der Waals surface area contributed by atoms with Gasteiger partial charge in [0.1, 0.15) is 5.76 Å². The van der Waals surface area contributed by atoms with Crippen LogP contribution >= 0.6 is 0 Å². The number of aromatic nitrogens is 2. The van der Waals surface area contributed by atoms with Crippen LogP contribution < -0.4 is 0 Å². The molecule has 6 heteroatoms. The fraction of sp³-hybridized carbons (Fsp3) is 0.412. The van der Waals surface area contributed by atoms with Gasteiger partial charge in [0, 0.05) is 38.9 Å². The Hall–Kier alpha value is -2.34. The Morgan fingerprint density at radius 1 is 1.48 bits per heavy atom. The maximum atomic E-state index is 12.4. The summed E-state index contributed by atoms with van der Waals surface area (Å²) in [5.41, 5.74) is 2.37. The van der Waals surface area contributed by atoms with Gasteiger partial charge in [-0.3, -0.25) is 14.4 Å². The van der Waals surface area contributed by atoms with Crippen LogP contribution in [0.4, 0.5) is 0 Å². The Balaban J connectivity index is 1.56. The molecule has 0 saturated heterocycles. The number of furan rings is 1. The molecule has 0 saturated carbocycles. The quantitative estimate of drug-likeness (QED) is 0.844. The summed E-state index contributed by atoms with van der Waals surface area (Å²) < 4.78 is 7.10. The summed E-state index contributed by atoms with van der Waals surface area (Å²) in [6.45, 7) is 2.62. The summed E-state index contributed by atoms with van der Waals surface area (Å²) in [4.78, 5) is 16.3. The smallest absolute Gasteiger partial charge is 0.236 e. The predicted molar refractivity (Wildman–Crippen MR) is 87.4 cm³/mol. The first-order chi connectivity index (χ1) is 11.1. The van der Waals surface area contributed by atoms with E-state index in [1.165, 1.54) is 5.57 Å². The molecule has 2 aromatic heterocycles. The lowest BCUT2D eigenvalue weighted by Gasteiger charge is -2.28. The van der Waals surface area contributed by atoms with Crippen molar-refractivity contribution in [3.8, 4) is 0 Å². The van der Waals surface area contributed by atoms with Crippen LogP contribution in [0.25, 0.3) is 5.57 Å². The second-order valence-electron chi connectivity index (χ2n) is 5.96. The molecule has 3 rings (SSSR count). The van der Waals surface area contributed by atoms with Crippen LogP contribution in [0.3, 0.4) is 0 Å². The van der Waals surface area contributed by atoms with E-state index >= 15 is 0 Å². The third-order valence-corrected chi connectivity index (χ3v) is 4.06. The van der Waals surface area contributed by atoms with Crippen LogP contribution in [0, 0.1) is 0 Å². The maximum absolute atomic E-state index is 12.4. The SMILES string of the molecule is CN(Cc1ccco1)C(=O)CN1CCC=C(c2cnn(C)c2)C1. The van der Waals surface area contributed by atoms with Gasteiger partial charge in [0.05, 0.1) is 25.5 Å². The Bertz CT molecular complexity index is 687. The Kier molecular flexibility index (Phi) is 4.62. The summed E-state index contributed by atoms with van der Waals surface area (Å²) in [6, 6.07) is 3.72. The number of carbonyl (C=O) groups is 1. The minimum Gasteiger partial charge on any atom is -0.467 e. The van der Waals surface area contributed by atoms with Gasteiger partial charge in [0.15, 0.2) is 0 Å². The Labute approximate surface area is 136 Å². The molecule has 1 aliphatic rings. The normalized spacial score (nSPS) is 15.5. The van der Waals surface area contributed by atoms with Crippen LogP contribution in [-0.4, -0.2) is 52.2 Å². The second-order valence-corrected chi connectivity index (χ2v) is 5.96. The highest BCUT2D eigenvalue weighted by Gasteiger charge is 2.19. The second kappa shape index (κ2) is 6.83. The number of carbonyl (C=O) groups excluding carboxylic acids is 1. The number of aryl methyl sites for hydroxylation is 1. The van der Waals surface area contributed by atoms with Gasteiger partial charge < -0.3 is 9.32 Å². The maximum Gasteiger partial charge on any atom is 0.236 e. The highest BCUT2D eigenvalue weighted by Crippen LogP contribution is 2.20. The van der Waals surface area contributed by atoms with E-state index < -0.39 is 0 Å². The molecule has 0 fully saturated rings. The van der Waals surface area contributed by atoms with Crippen LogP contribution in [0.5, 0.6) is 0 Å². The average molecular weight is 314 g/mol. The van der Waals surface area contributed by atoms with Crippen molar-refractivity contribution in [2.75, 3.05) is 26.7 Å². The molecule has 0 unspecified atom stereocenters. The van der Waals surface area contributed by atoms with Crippen LogP contribution in [0.2, 0.25) is 0 Å². The monoisotopic (exact) mass is 314 g/mol.